The summed E-state index contributed by atoms with van der Waals surface area (Å²) in [5.74, 6) is 0.499. The van der Waals surface area contributed by atoms with E-state index in [4.69, 9.17) is 24.5 Å². The summed E-state index contributed by atoms with van der Waals surface area (Å²) in [6.45, 7) is 4.38. The van der Waals surface area contributed by atoms with Crippen molar-refractivity contribution in [1.82, 2.24) is 15.1 Å². The van der Waals surface area contributed by atoms with E-state index >= 15 is 0 Å². The largest absolute Gasteiger partial charge is 0.483 e. The van der Waals surface area contributed by atoms with Crippen LogP contribution >= 0.6 is 0 Å². The molecule has 9 nitrogen and oxygen atoms in total. The van der Waals surface area contributed by atoms with Crippen LogP contribution < -0.4 is 5.32 Å². The first-order valence-corrected chi connectivity index (χ1v) is 13.2. The van der Waals surface area contributed by atoms with Gasteiger partial charge in [0.05, 0.1) is 12.7 Å². The molecular formula is C27H41N3O6. The van der Waals surface area contributed by atoms with Crippen molar-refractivity contribution in [2.45, 2.75) is 75.6 Å². The monoisotopic (exact) mass is 503 g/mol. The van der Waals surface area contributed by atoms with Crippen LogP contribution in [0, 0.1) is 5.92 Å². The average Bonchev–Trinajstić information content (AvgIpc) is 3.32. The first-order valence-electron chi connectivity index (χ1n) is 13.2. The lowest BCUT2D eigenvalue weighted by atomic mass is 9.89. The molecule has 0 unspecified atom stereocenters. The van der Waals surface area contributed by atoms with Crippen molar-refractivity contribution in [2.24, 2.45) is 5.92 Å². The zero-order valence-corrected chi connectivity index (χ0v) is 21.0. The van der Waals surface area contributed by atoms with Crippen LogP contribution in [0.4, 0.5) is 0 Å². The number of hydrogen-bond acceptors (Lipinski definition) is 6. The van der Waals surface area contributed by atoms with Gasteiger partial charge in [-0.1, -0.05) is 49.6 Å². The Hall–Kier alpha value is -2.49. The molecule has 1 aliphatic carbocycles. The fourth-order valence-corrected chi connectivity index (χ4v) is 6.14. The van der Waals surface area contributed by atoms with Gasteiger partial charge < -0.3 is 25.2 Å². The molecule has 36 heavy (non-hydrogen) atoms. The van der Waals surface area contributed by atoms with Gasteiger partial charge in [0.2, 0.25) is 5.91 Å². The third-order valence-electron chi connectivity index (χ3n) is 7.93. The Morgan fingerprint density at radius 1 is 0.889 bits per heavy atom. The highest BCUT2D eigenvalue weighted by Gasteiger charge is 2.39. The highest BCUT2D eigenvalue weighted by atomic mass is 16.5. The minimum absolute atomic E-state index is 0.154. The highest BCUT2D eigenvalue weighted by Crippen LogP contribution is 2.31. The second-order valence-electron chi connectivity index (χ2n) is 10.1. The summed E-state index contributed by atoms with van der Waals surface area (Å²) in [7, 11) is 0. The maximum Gasteiger partial charge on any atom is 0.290 e. The number of rotatable bonds is 4. The number of nitrogens with zero attached hydrogens (tertiary/aromatic N) is 2. The number of morpholine rings is 1. The summed E-state index contributed by atoms with van der Waals surface area (Å²) in [5.41, 5.74) is 1.26. The highest BCUT2D eigenvalue weighted by molar-refractivity contribution is 5.79. The van der Waals surface area contributed by atoms with E-state index in [0.717, 1.165) is 58.1 Å². The zero-order valence-electron chi connectivity index (χ0n) is 21.0. The van der Waals surface area contributed by atoms with Gasteiger partial charge in [0.1, 0.15) is 0 Å². The van der Waals surface area contributed by atoms with Gasteiger partial charge in [-0.05, 0) is 50.8 Å². The second-order valence-corrected chi connectivity index (χ2v) is 10.1. The van der Waals surface area contributed by atoms with E-state index in [-0.39, 0.29) is 31.0 Å². The Kier molecular flexibility index (Phi) is 11.6. The molecule has 200 valence electrons. The number of hydrogen-bond donors (Lipinski definition) is 3. The van der Waals surface area contributed by atoms with Crippen LogP contribution in [0.15, 0.2) is 30.3 Å². The molecule has 4 fully saturated rings. The number of likely N-dealkylation sites (tertiary alicyclic amines) is 1. The van der Waals surface area contributed by atoms with Gasteiger partial charge in [0.25, 0.3) is 12.9 Å². The molecule has 3 aliphatic heterocycles. The van der Waals surface area contributed by atoms with Crippen LogP contribution in [0.5, 0.6) is 0 Å². The number of amides is 1. The Labute approximate surface area is 213 Å². The van der Waals surface area contributed by atoms with E-state index in [2.05, 4.69) is 45.4 Å². The van der Waals surface area contributed by atoms with Crippen molar-refractivity contribution in [1.29, 1.82) is 0 Å². The van der Waals surface area contributed by atoms with E-state index < -0.39 is 0 Å². The molecule has 5 rings (SSSR count). The van der Waals surface area contributed by atoms with E-state index in [1.807, 2.05) is 0 Å². The van der Waals surface area contributed by atoms with Crippen molar-refractivity contribution >= 4 is 18.9 Å². The topological polar surface area (TPSA) is 119 Å². The maximum absolute atomic E-state index is 12.9. The Balaban J connectivity index is 0.000000550. The van der Waals surface area contributed by atoms with Crippen molar-refractivity contribution in [2.75, 3.05) is 32.8 Å². The minimum Gasteiger partial charge on any atom is -0.483 e. The number of carboxylic acid groups (broad SMARTS) is 2. The zero-order chi connectivity index (χ0) is 25.8. The van der Waals surface area contributed by atoms with E-state index in [1.54, 1.807) is 0 Å². The lowest BCUT2D eigenvalue weighted by molar-refractivity contribution is -0.127. The molecule has 1 aromatic carbocycles. The quantitative estimate of drug-likeness (QED) is 0.537. The van der Waals surface area contributed by atoms with Crippen LogP contribution in [0.3, 0.4) is 0 Å². The molecule has 4 aliphatic rings. The predicted molar refractivity (Wildman–Crippen MR) is 136 cm³/mol. The lowest BCUT2D eigenvalue weighted by Crippen LogP contribution is -2.47. The van der Waals surface area contributed by atoms with Gasteiger partial charge in [-0.25, -0.2) is 0 Å². The number of benzene rings is 1. The molecule has 3 heterocycles. The van der Waals surface area contributed by atoms with Crippen LogP contribution in [-0.4, -0.2) is 89.8 Å². The lowest BCUT2D eigenvalue weighted by Gasteiger charge is -2.39. The molecule has 0 aromatic heterocycles. The van der Waals surface area contributed by atoms with Crippen molar-refractivity contribution < 1.29 is 29.3 Å². The van der Waals surface area contributed by atoms with Gasteiger partial charge >= 0.3 is 0 Å². The van der Waals surface area contributed by atoms with Crippen molar-refractivity contribution in [3.63, 3.8) is 0 Å². The summed E-state index contributed by atoms with van der Waals surface area (Å²) in [5, 5.41) is 17.2. The summed E-state index contributed by atoms with van der Waals surface area (Å²) in [6, 6.07) is 12.0. The smallest absolute Gasteiger partial charge is 0.290 e. The summed E-state index contributed by atoms with van der Waals surface area (Å²) in [4.78, 5) is 34.9. The molecule has 1 saturated carbocycles. The van der Waals surface area contributed by atoms with Crippen LogP contribution in [0.1, 0.15) is 63.0 Å². The minimum atomic E-state index is -0.250. The Bertz CT molecular complexity index is 790. The molecule has 0 radical (unpaired) electrons. The second kappa shape index (κ2) is 14.9. The number of carbonyl (C=O) groups excluding carboxylic acids is 1. The first kappa shape index (κ1) is 28.1. The van der Waals surface area contributed by atoms with Gasteiger partial charge in [0.15, 0.2) is 0 Å². The fraction of sp³-hybridized carbons (Fsp3) is 0.667. The van der Waals surface area contributed by atoms with Crippen LogP contribution in [-0.2, 0) is 19.1 Å². The molecule has 9 heteroatoms. The Morgan fingerprint density at radius 3 is 2.17 bits per heavy atom. The van der Waals surface area contributed by atoms with Crippen LogP contribution in [0.2, 0.25) is 0 Å². The number of carbonyl (C=O) groups is 3. The Morgan fingerprint density at radius 2 is 1.53 bits per heavy atom. The standard InChI is InChI=1S/C25H37N3O2.2CH2O2/c29-25(20-11-13-27(14-12-20)22-9-5-2-6-10-22)26-21-15-23-18-30-24(17-28(23)16-21)19-7-3-1-4-8-19;2*2-1-3/h1,3-4,7-8,20-24H,2,5-6,9-18H2,(H,26,29);2*1H,(H,2,3)/t21-,23+,24-;;/m1../s1. The predicted octanol–water partition coefficient (Wildman–Crippen LogP) is 2.76. The average molecular weight is 504 g/mol. The molecule has 3 saturated heterocycles. The molecule has 3 atom stereocenters. The number of nitrogens with one attached hydrogen (secondary N) is 1. The van der Waals surface area contributed by atoms with Gasteiger partial charge in [-0.2, -0.15) is 0 Å². The van der Waals surface area contributed by atoms with E-state index in [9.17, 15) is 4.79 Å². The van der Waals surface area contributed by atoms with E-state index in [0.29, 0.717) is 11.9 Å². The van der Waals surface area contributed by atoms with E-state index in [1.165, 1.54) is 37.7 Å². The third-order valence-corrected chi connectivity index (χ3v) is 7.93. The van der Waals surface area contributed by atoms with Gasteiger partial charge in [-0.15, -0.1) is 0 Å². The number of fused-ring (bicyclic) bond motifs is 1. The molecule has 0 bridgehead atoms. The normalized spacial score (nSPS) is 27.4. The third kappa shape index (κ3) is 8.01. The summed E-state index contributed by atoms with van der Waals surface area (Å²) < 4.78 is 6.16. The number of piperidine rings is 1. The SMILES string of the molecule is O=C(N[C@@H]1C[C@H]2CO[C@@H](c3ccccc3)CN2C1)C1CCN(C2CCCCC2)CC1.O=CO.O=CO. The molecular weight excluding hydrogens is 462 g/mol. The maximum atomic E-state index is 12.9. The fourth-order valence-electron chi connectivity index (χ4n) is 6.14. The van der Waals surface area contributed by atoms with Crippen molar-refractivity contribution in [3.8, 4) is 0 Å². The van der Waals surface area contributed by atoms with Gasteiger partial charge in [0, 0.05) is 37.1 Å². The molecule has 1 amide bonds. The van der Waals surface area contributed by atoms with Crippen LogP contribution in [0.25, 0.3) is 0 Å². The molecule has 3 N–H and O–H groups in total. The summed E-state index contributed by atoms with van der Waals surface area (Å²) in [6.07, 6.45) is 10.1. The van der Waals surface area contributed by atoms with Crippen molar-refractivity contribution in [3.05, 3.63) is 35.9 Å². The molecule has 0 spiro atoms. The number of ether oxygens (including phenoxy) is 1. The molecule has 1 aromatic rings. The first-order chi connectivity index (χ1) is 17.6. The summed E-state index contributed by atoms with van der Waals surface area (Å²) >= 11 is 0. The van der Waals surface area contributed by atoms with Gasteiger partial charge in [-0.3, -0.25) is 19.3 Å².